The monoisotopic (exact) mass is 303 g/mol. The number of aromatic nitrogens is 4. The molecule has 0 bridgehead atoms. The Morgan fingerprint density at radius 1 is 1.36 bits per heavy atom. The molecule has 0 fully saturated rings. The SMILES string of the molecule is Cc1nc2c(c(=O)[nH]1)CN(c1ncnc(C(C)C)c1F)CC2. The summed E-state index contributed by atoms with van der Waals surface area (Å²) in [7, 11) is 0. The summed E-state index contributed by atoms with van der Waals surface area (Å²) in [6, 6.07) is 0. The number of aromatic amines is 1. The summed E-state index contributed by atoms with van der Waals surface area (Å²) in [6.45, 7) is 6.42. The zero-order valence-corrected chi connectivity index (χ0v) is 12.9. The van der Waals surface area contributed by atoms with Gasteiger partial charge in [0.15, 0.2) is 11.6 Å². The van der Waals surface area contributed by atoms with Gasteiger partial charge in [0.25, 0.3) is 5.56 Å². The molecule has 1 aliphatic heterocycles. The number of rotatable bonds is 2. The highest BCUT2D eigenvalue weighted by Gasteiger charge is 2.25. The quantitative estimate of drug-likeness (QED) is 0.914. The first-order chi connectivity index (χ1) is 10.5. The highest BCUT2D eigenvalue weighted by Crippen LogP contribution is 2.26. The van der Waals surface area contributed by atoms with Crippen molar-refractivity contribution in [1.82, 2.24) is 19.9 Å². The second-order valence-corrected chi connectivity index (χ2v) is 5.80. The van der Waals surface area contributed by atoms with Crippen LogP contribution in [0.4, 0.5) is 10.2 Å². The molecule has 1 aliphatic rings. The van der Waals surface area contributed by atoms with Gasteiger partial charge in [-0.2, -0.15) is 0 Å². The molecular weight excluding hydrogens is 285 g/mol. The van der Waals surface area contributed by atoms with Gasteiger partial charge in [-0.1, -0.05) is 13.8 Å². The molecule has 0 unspecified atom stereocenters. The normalized spacial score (nSPS) is 14.3. The molecule has 0 saturated carbocycles. The third kappa shape index (κ3) is 2.47. The molecule has 0 aromatic carbocycles. The number of nitrogens with one attached hydrogen (secondary N) is 1. The van der Waals surface area contributed by atoms with Crippen molar-refractivity contribution in [3.63, 3.8) is 0 Å². The number of nitrogens with zero attached hydrogens (tertiary/aromatic N) is 4. The van der Waals surface area contributed by atoms with E-state index < -0.39 is 5.82 Å². The van der Waals surface area contributed by atoms with Crippen molar-refractivity contribution in [2.45, 2.75) is 39.7 Å². The van der Waals surface area contributed by atoms with Crippen molar-refractivity contribution >= 4 is 5.82 Å². The molecule has 6 nitrogen and oxygen atoms in total. The number of anilines is 1. The second kappa shape index (κ2) is 5.47. The van der Waals surface area contributed by atoms with E-state index in [9.17, 15) is 9.18 Å². The fraction of sp³-hybridized carbons (Fsp3) is 0.467. The van der Waals surface area contributed by atoms with Crippen molar-refractivity contribution in [2.24, 2.45) is 0 Å². The Hall–Kier alpha value is -2.31. The van der Waals surface area contributed by atoms with Crippen LogP contribution in [0.5, 0.6) is 0 Å². The molecule has 2 aromatic rings. The predicted molar refractivity (Wildman–Crippen MR) is 80.4 cm³/mol. The van der Waals surface area contributed by atoms with Gasteiger partial charge in [-0.25, -0.2) is 19.3 Å². The molecule has 0 atom stereocenters. The lowest BCUT2D eigenvalue weighted by Crippen LogP contribution is -2.37. The molecule has 0 amide bonds. The number of halogens is 1. The molecule has 2 aromatic heterocycles. The molecule has 3 rings (SSSR count). The van der Waals surface area contributed by atoms with Gasteiger partial charge >= 0.3 is 0 Å². The van der Waals surface area contributed by atoms with Crippen molar-refractivity contribution in [2.75, 3.05) is 11.4 Å². The molecule has 3 heterocycles. The Balaban J connectivity index is 1.99. The minimum absolute atomic E-state index is 0.0217. The minimum atomic E-state index is -0.405. The van der Waals surface area contributed by atoms with E-state index in [1.54, 1.807) is 11.8 Å². The van der Waals surface area contributed by atoms with Gasteiger partial charge in [0.2, 0.25) is 0 Å². The maximum Gasteiger partial charge on any atom is 0.256 e. The van der Waals surface area contributed by atoms with E-state index in [4.69, 9.17) is 0 Å². The van der Waals surface area contributed by atoms with Crippen LogP contribution in [0.1, 0.15) is 42.5 Å². The molecule has 0 radical (unpaired) electrons. The first-order valence-corrected chi connectivity index (χ1v) is 7.31. The Kier molecular flexibility index (Phi) is 3.64. The Morgan fingerprint density at radius 2 is 2.14 bits per heavy atom. The summed E-state index contributed by atoms with van der Waals surface area (Å²) in [6.07, 6.45) is 1.97. The fourth-order valence-electron chi connectivity index (χ4n) is 2.73. The number of hydrogen-bond acceptors (Lipinski definition) is 5. The largest absolute Gasteiger partial charge is 0.349 e. The molecule has 0 aliphatic carbocycles. The van der Waals surface area contributed by atoms with Crippen LogP contribution in [0, 0.1) is 12.7 Å². The summed E-state index contributed by atoms with van der Waals surface area (Å²) in [5, 5.41) is 0. The number of fused-ring (bicyclic) bond motifs is 1. The Bertz CT molecular complexity index is 771. The average Bonchev–Trinajstić information content (AvgIpc) is 2.47. The van der Waals surface area contributed by atoms with Crippen LogP contribution in [0.2, 0.25) is 0 Å². The molecule has 22 heavy (non-hydrogen) atoms. The molecular formula is C15H18FN5O. The molecule has 116 valence electrons. The van der Waals surface area contributed by atoms with Gasteiger partial charge in [0, 0.05) is 13.0 Å². The van der Waals surface area contributed by atoms with Crippen LogP contribution < -0.4 is 10.5 Å². The van der Waals surface area contributed by atoms with E-state index in [0.29, 0.717) is 36.6 Å². The van der Waals surface area contributed by atoms with Crippen LogP contribution in [0.3, 0.4) is 0 Å². The van der Waals surface area contributed by atoms with E-state index in [1.165, 1.54) is 6.33 Å². The lowest BCUT2D eigenvalue weighted by Gasteiger charge is -2.29. The predicted octanol–water partition coefficient (Wildman–Crippen LogP) is 1.69. The zero-order chi connectivity index (χ0) is 15.9. The van der Waals surface area contributed by atoms with Crippen molar-refractivity contribution < 1.29 is 4.39 Å². The molecule has 1 N–H and O–H groups in total. The van der Waals surface area contributed by atoms with Crippen LogP contribution in [-0.4, -0.2) is 26.5 Å². The Labute approximate surface area is 127 Å². The third-order valence-electron chi connectivity index (χ3n) is 3.83. The highest BCUT2D eigenvalue weighted by molar-refractivity contribution is 5.44. The van der Waals surface area contributed by atoms with E-state index in [-0.39, 0.29) is 17.3 Å². The van der Waals surface area contributed by atoms with E-state index in [0.717, 1.165) is 5.69 Å². The van der Waals surface area contributed by atoms with Gasteiger partial charge in [0.05, 0.1) is 23.5 Å². The van der Waals surface area contributed by atoms with Crippen molar-refractivity contribution in [1.29, 1.82) is 0 Å². The highest BCUT2D eigenvalue weighted by atomic mass is 19.1. The first-order valence-electron chi connectivity index (χ1n) is 7.31. The average molecular weight is 303 g/mol. The fourth-order valence-corrected chi connectivity index (χ4v) is 2.73. The van der Waals surface area contributed by atoms with E-state index in [1.807, 2.05) is 13.8 Å². The number of hydrogen-bond donors (Lipinski definition) is 1. The maximum atomic E-state index is 14.6. The summed E-state index contributed by atoms with van der Waals surface area (Å²) in [4.78, 5) is 29.0. The number of aryl methyl sites for hydroxylation is 1. The van der Waals surface area contributed by atoms with Crippen molar-refractivity contribution in [3.05, 3.63) is 45.3 Å². The topological polar surface area (TPSA) is 74.8 Å². The summed E-state index contributed by atoms with van der Waals surface area (Å²) >= 11 is 0. The van der Waals surface area contributed by atoms with Crippen LogP contribution in [-0.2, 0) is 13.0 Å². The maximum absolute atomic E-state index is 14.6. The van der Waals surface area contributed by atoms with Crippen LogP contribution in [0.15, 0.2) is 11.1 Å². The zero-order valence-electron chi connectivity index (χ0n) is 12.9. The van der Waals surface area contributed by atoms with Gasteiger partial charge in [0.1, 0.15) is 12.2 Å². The summed E-state index contributed by atoms with van der Waals surface area (Å²) in [5.74, 6) is 0.431. The Morgan fingerprint density at radius 3 is 2.86 bits per heavy atom. The molecule has 7 heteroatoms. The third-order valence-corrected chi connectivity index (χ3v) is 3.83. The number of H-pyrrole nitrogens is 1. The van der Waals surface area contributed by atoms with Crippen molar-refractivity contribution in [3.8, 4) is 0 Å². The second-order valence-electron chi connectivity index (χ2n) is 5.80. The van der Waals surface area contributed by atoms with Crippen LogP contribution >= 0.6 is 0 Å². The molecule has 0 spiro atoms. The standard InChI is InChI=1S/C15H18FN5O/c1-8(2)13-12(16)14(18-7-17-13)21-5-4-11-10(6-21)15(22)20-9(3)19-11/h7-8H,4-6H2,1-3H3,(H,19,20,22). The summed E-state index contributed by atoms with van der Waals surface area (Å²) < 4.78 is 14.6. The minimum Gasteiger partial charge on any atom is -0.349 e. The lowest BCUT2D eigenvalue weighted by molar-refractivity contribution is 0.560. The van der Waals surface area contributed by atoms with Gasteiger partial charge in [-0.05, 0) is 12.8 Å². The van der Waals surface area contributed by atoms with E-state index in [2.05, 4.69) is 19.9 Å². The summed E-state index contributed by atoms with van der Waals surface area (Å²) in [5.41, 5.74) is 1.61. The van der Waals surface area contributed by atoms with E-state index >= 15 is 0 Å². The lowest BCUT2D eigenvalue weighted by atomic mass is 10.1. The van der Waals surface area contributed by atoms with Gasteiger partial charge in [-0.3, -0.25) is 4.79 Å². The smallest absolute Gasteiger partial charge is 0.256 e. The van der Waals surface area contributed by atoms with Gasteiger partial charge in [-0.15, -0.1) is 0 Å². The first kappa shape index (κ1) is 14.6. The molecule has 0 saturated heterocycles. The van der Waals surface area contributed by atoms with Crippen LogP contribution in [0.25, 0.3) is 0 Å². The van der Waals surface area contributed by atoms with Gasteiger partial charge < -0.3 is 9.88 Å².